The fourth-order valence-corrected chi connectivity index (χ4v) is 7.14. The van der Waals surface area contributed by atoms with Crippen molar-refractivity contribution < 1.29 is 18.0 Å². The zero-order valence-electron chi connectivity index (χ0n) is 24.6. The van der Waals surface area contributed by atoms with Gasteiger partial charge in [0.1, 0.15) is 12.6 Å². The zero-order chi connectivity index (χ0) is 31.0. The first kappa shape index (κ1) is 32.8. The molecule has 7 nitrogen and oxygen atoms in total. The second-order valence-corrected chi connectivity index (χ2v) is 13.7. The molecule has 0 radical (unpaired) electrons. The van der Waals surface area contributed by atoms with Crippen LogP contribution in [-0.4, -0.2) is 50.3 Å². The van der Waals surface area contributed by atoms with Gasteiger partial charge in [0.25, 0.3) is 10.0 Å². The van der Waals surface area contributed by atoms with Crippen LogP contribution in [0.1, 0.15) is 56.6 Å². The van der Waals surface area contributed by atoms with Crippen molar-refractivity contribution in [2.75, 3.05) is 17.4 Å². The Balaban J connectivity index is 1.68. The normalized spacial score (nSPS) is 14.6. The molecule has 0 aliphatic heterocycles. The molecule has 43 heavy (non-hydrogen) atoms. The summed E-state index contributed by atoms with van der Waals surface area (Å²) >= 11 is 12.4. The van der Waals surface area contributed by atoms with E-state index in [0.29, 0.717) is 12.8 Å². The predicted molar refractivity (Wildman–Crippen MR) is 173 cm³/mol. The fraction of sp³-hybridized carbons (Fsp3) is 0.394. The number of sulfonamides is 1. The van der Waals surface area contributed by atoms with Gasteiger partial charge >= 0.3 is 0 Å². The Labute approximate surface area is 265 Å². The minimum atomic E-state index is -4.19. The van der Waals surface area contributed by atoms with Crippen molar-refractivity contribution in [3.05, 3.63) is 94.0 Å². The monoisotopic (exact) mass is 643 g/mol. The predicted octanol–water partition coefficient (Wildman–Crippen LogP) is 6.80. The summed E-state index contributed by atoms with van der Waals surface area (Å²) in [6.45, 7) is 3.47. The molecule has 1 fully saturated rings. The lowest BCUT2D eigenvalue weighted by atomic mass is 9.95. The lowest BCUT2D eigenvalue weighted by Crippen LogP contribution is -2.54. The van der Waals surface area contributed by atoms with Gasteiger partial charge in [-0.15, -0.1) is 0 Å². The summed E-state index contributed by atoms with van der Waals surface area (Å²) in [6.07, 6.45) is 6.01. The van der Waals surface area contributed by atoms with Crippen LogP contribution in [0.2, 0.25) is 10.0 Å². The molecular weight excluding hydrogens is 605 g/mol. The van der Waals surface area contributed by atoms with E-state index in [-0.39, 0.29) is 39.1 Å². The molecule has 0 unspecified atom stereocenters. The third kappa shape index (κ3) is 8.52. The SMILES string of the molecule is CC[C@@H](C(=O)NC1CCCCC1)N(CCc1ccccc1)C(=O)CN(c1ccc(Cl)c(Cl)c1)S(=O)(=O)c1ccc(C)cc1. The Morgan fingerprint density at radius 1 is 0.930 bits per heavy atom. The van der Waals surface area contributed by atoms with E-state index in [1.54, 1.807) is 12.1 Å². The molecule has 1 aliphatic carbocycles. The Kier molecular flexibility index (Phi) is 11.5. The van der Waals surface area contributed by atoms with Gasteiger partial charge in [0.15, 0.2) is 0 Å². The van der Waals surface area contributed by atoms with Crippen LogP contribution in [0.5, 0.6) is 0 Å². The quantitative estimate of drug-likeness (QED) is 0.235. The van der Waals surface area contributed by atoms with Gasteiger partial charge in [-0.2, -0.15) is 0 Å². The van der Waals surface area contributed by atoms with E-state index in [1.807, 2.05) is 44.2 Å². The molecule has 0 saturated heterocycles. The number of nitrogens with one attached hydrogen (secondary N) is 1. The molecule has 10 heteroatoms. The van der Waals surface area contributed by atoms with Crippen molar-refractivity contribution in [1.29, 1.82) is 0 Å². The number of amides is 2. The highest BCUT2D eigenvalue weighted by Crippen LogP contribution is 2.31. The van der Waals surface area contributed by atoms with Gasteiger partial charge < -0.3 is 10.2 Å². The van der Waals surface area contributed by atoms with E-state index >= 15 is 0 Å². The van der Waals surface area contributed by atoms with E-state index in [4.69, 9.17) is 23.2 Å². The maximum absolute atomic E-state index is 14.2. The van der Waals surface area contributed by atoms with Crippen LogP contribution in [0.4, 0.5) is 5.69 Å². The second-order valence-electron chi connectivity index (χ2n) is 11.0. The zero-order valence-corrected chi connectivity index (χ0v) is 27.0. The Morgan fingerprint density at radius 3 is 2.23 bits per heavy atom. The molecule has 1 saturated carbocycles. The second kappa shape index (κ2) is 15.1. The van der Waals surface area contributed by atoms with E-state index < -0.39 is 28.5 Å². The van der Waals surface area contributed by atoms with Crippen LogP contribution >= 0.6 is 23.2 Å². The average molecular weight is 645 g/mol. The molecule has 1 atom stereocenters. The fourth-order valence-electron chi connectivity index (χ4n) is 5.45. The highest BCUT2D eigenvalue weighted by molar-refractivity contribution is 7.92. The third-order valence-corrected chi connectivity index (χ3v) is 10.4. The molecule has 3 aromatic rings. The molecule has 4 rings (SSSR count). The number of anilines is 1. The summed E-state index contributed by atoms with van der Waals surface area (Å²) < 4.78 is 29.1. The van der Waals surface area contributed by atoms with Crippen molar-refractivity contribution >= 4 is 50.7 Å². The van der Waals surface area contributed by atoms with Gasteiger partial charge in [-0.05, 0) is 68.5 Å². The highest BCUT2D eigenvalue weighted by Gasteiger charge is 2.34. The van der Waals surface area contributed by atoms with Crippen LogP contribution in [-0.2, 0) is 26.0 Å². The van der Waals surface area contributed by atoms with Crippen molar-refractivity contribution in [1.82, 2.24) is 10.2 Å². The standard InChI is InChI=1S/C33H39Cl2N3O4S/c1-3-31(33(40)36-26-12-8-5-9-13-26)37(21-20-25-10-6-4-7-11-25)32(39)23-38(27-16-19-29(34)30(35)22-27)43(41,42)28-17-14-24(2)15-18-28/h4,6-7,10-11,14-19,22,26,31H,3,5,8-9,12-13,20-21,23H2,1-2H3,(H,36,40)/t31-/m0/s1. The highest BCUT2D eigenvalue weighted by atomic mass is 35.5. The number of carbonyl (C=O) groups is 2. The number of rotatable bonds is 12. The van der Waals surface area contributed by atoms with Gasteiger partial charge in [-0.25, -0.2) is 8.42 Å². The minimum absolute atomic E-state index is 0.0369. The molecule has 0 spiro atoms. The molecule has 2 amide bonds. The number of aryl methyl sites for hydroxylation is 1. The summed E-state index contributed by atoms with van der Waals surface area (Å²) in [6, 6.07) is 19.9. The molecule has 0 bridgehead atoms. The Bertz CT molecular complexity index is 1490. The lowest BCUT2D eigenvalue weighted by Gasteiger charge is -2.34. The number of benzene rings is 3. The molecule has 0 aromatic heterocycles. The van der Waals surface area contributed by atoms with E-state index in [0.717, 1.165) is 47.5 Å². The smallest absolute Gasteiger partial charge is 0.264 e. The summed E-state index contributed by atoms with van der Waals surface area (Å²) in [5, 5.41) is 3.59. The van der Waals surface area contributed by atoms with Gasteiger partial charge in [0, 0.05) is 12.6 Å². The third-order valence-electron chi connectivity index (χ3n) is 7.90. The van der Waals surface area contributed by atoms with E-state index in [1.165, 1.54) is 35.2 Å². The number of carbonyl (C=O) groups excluding carboxylic acids is 2. The number of hydrogen-bond acceptors (Lipinski definition) is 4. The van der Waals surface area contributed by atoms with Crippen molar-refractivity contribution in [3.8, 4) is 0 Å². The Hall–Kier alpha value is -3.07. The maximum Gasteiger partial charge on any atom is 0.264 e. The van der Waals surface area contributed by atoms with E-state index in [2.05, 4.69) is 5.32 Å². The Morgan fingerprint density at radius 2 is 1.60 bits per heavy atom. The molecule has 1 aliphatic rings. The number of hydrogen-bond donors (Lipinski definition) is 1. The van der Waals surface area contributed by atoms with Crippen LogP contribution in [0.15, 0.2) is 77.7 Å². The molecule has 0 heterocycles. The first-order valence-corrected chi connectivity index (χ1v) is 17.0. The minimum Gasteiger partial charge on any atom is -0.352 e. The van der Waals surface area contributed by atoms with Crippen molar-refractivity contribution in [2.45, 2.75) is 75.8 Å². The van der Waals surface area contributed by atoms with Crippen molar-refractivity contribution in [2.24, 2.45) is 0 Å². The van der Waals surface area contributed by atoms with Crippen LogP contribution in [0.3, 0.4) is 0 Å². The average Bonchev–Trinajstić information content (AvgIpc) is 3.00. The molecular formula is C33H39Cl2N3O4S. The number of nitrogens with zero attached hydrogens (tertiary/aromatic N) is 2. The lowest BCUT2D eigenvalue weighted by molar-refractivity contribution is -0.140. The maximum atomic E-state index is 14.2. The van der Waals surface area contributed by atoms with Gasteiger partial charge in [0.05, 0.1) is 20.6 Å². The summed E-state index contributed by atoms with van der Waals surface area (Å²) in [7, 11) is -4.19. The van der Waals surface area contributed by atoms with Crippen LogP contribution in [0, 0.1) is 6.92 Å². The van der Waals surface area contributed by atoms with Crippen molar-refractivity contribution in [3.63, 3.8) is 0 Å². The summed E-state index contributed by atoms with van der Waals surface area (Å²) in [5.41, 5.74) is 2.11. The van der Waals surface area contributed by atoms with Gasteiger partial charge in [-0.1, -0.05) is 97.4 Å². The van der Waals surface area contributed by atoms with Crippen LogP contribution < -0.4 is 9.62 Å². The molecule has 1 N–H and O–H groups in total. The molecule has 230 valence electrons. The van der Waals surface area contributed by atoms with Gasteiger partial charge in [0.2, 0.25) is 11.8 Å². The first-order valence-electron chi connectivity index (χ1n) is 14.8. The van der Waals surface area contributed by atoms with Crippen LogP contribution in [0.25, 0.3) is 0 Å². The number of halogens is 2. The summed E-state index contributed by atoms with van der Waals surface area (Å²) in [4.78, 5) is 29.4. The van der Waals surface area contributed by atoms with Gasteiger partial charge in [-0.3, -0.25) is 13.9 Å². The summed E-state index contributed by atoms with van der Waals surface area (Å²) in [5.74, 6) is -0.693. The molecule has 3 aromatic carbocycles. The first-order chi connectivity index (χ1) is 20.6. The topological polar surface area (TPSA) is 86.8 Å². The largest absolute Gasteiger partial charge is 0.352 e. The van der Waals surface area contributed by atoms with E-state index in [9.17, 15) is 18.0 Å².